The number of nitrogens with zero attached hydrogens (tertiary/aromatic N) is 2. The fourth-order valence-corrected chi connectivity index (χ4v) is 2.61. The van der Waals surface area contributed by atoms with Crippen LogP contribution < -0.4 is 5.73 Å². The topological polar surface area (TPSA) is 105 Å². The first-order chi connectivity index (χ1) is 8.31. The summed E-state index contributed by atoms with van der Waals surface area (Å²) in [5.74, 6) is -1.24. The molecule has 2 aliphatic heterocycles. The number of ether oxygens (including phenoxy) is 1. The van der Waals surface area contributed by atoms with E-state index in [9.17, 15) is 14.0 Å². The van der Waals surface area contributed by atoms with Gasteiger partial charge in [-0.2, -0.15) is 4.99 Å². The number of aliphatic imine (C=N–C) groups is 1. The Morgan fingerprint density at radius 3 is 3.00 bits per heavy atom. The number of hydrogen-bond acceptors (Lipinski definition) is 5. The number of alkyl halides is 1. The van der Waals surface area contributed by atoms with Gasteiger partial charge in [0, 0.05) is 5.75 Å². The molecular formula is C9H12FN3O4S. The van der Waals surface area contributed by atoms with Crippen LogP contribution in [-0.2, 0) is 9.53 Å². The van der Waals surface area contributed by atoms with Crippen LogP contribution in [0, 0.1) is 0 Å². The average Bonchev–Trinajstić information content (AvgIpc) is 2.73. The maximum absolute atomic E-state index is 14.0. The van der Waals surface area contributed by atoms with Crippen molar-refractivity contribution in [3.8, 4) is 0 Å². The third kappa shape index (κ3) is 2.27. The average molecular weight is 277 g/mol. The molecule has 2 heterocycles. The molecule has 0 aromatic heterocycles. The normalized spacial score (nSPS) is 36.7. The molecule has 9 heteroatoms. The van der Waals surface area contributed by atoms with E-state index < -0.39 is 29.3 Å². The number of rotatable bonds is 2. The standard InChI is InChI=1S/C9H12FN3O4S/c1-9(10)3-13(8(16)12-7(9)11)4-2-18-6(17-4)5(14)15/h4,6H,2-3H2,1H3,(H,14,15)(H2,11,12,16)/t4-,6+,9+/m0/s1. The van der Waals surface area contributed by atoms with E-state index in [-0.39, 0.29) is 18.1 Å². The minimum absolute atomic E-state index is 0.258. The van der Waals surface area contributed by atoms with Crippen molar-refractivity contribution in [3.63, 3.8) is 0 Å². The number of carboxylic acid groups (broad SMARTS) is 1. The Balaban J connectivity index is 2.12. The van der Waals surface area contributed by atoms with Crippen molar-refractivity contribution in [1.82, 2.24) is 4.90 Å². The Morgan fingerprint density at radius 1 is 1.78 bits per heavy atom. The van der Waals surface area contributed by atoms with Gasteiger partial charge >= 0.3 is 12.0 Å². The van der Waals surface area contributed by atoms with Gasteiger partial charge in [0.25, 0.3) is 0 Å². The molecule has 0 spiro atoms. The van der Waals surface area contributed by atoms with Crippen LogP contribution in [-0.4, -0.2) is 57.5 Å². The molecule has 0 unspecified atom stereocenters. The fraction of sp³-hybridized carbons (Fsp3) is 0.667. The lowest BCUT2D eigenvalue weighted by Crippen LogP contribution is -2.56. The van der Waals surface area contributed by atoms with E-state index in [0.29, 0.717) is 0 Å². The van der Waals surface area contributed by atoms with Crippen LogP contribution in [0.3, 0.4) is 0 Å². The molecule has 0 aromatic rings. The van der Waals surface area contributed by atoms with Crippen molar-refractivity contribution in [2.24, 2.45) is 10.7 Å². The Kier molecular flexibility index (Phi) is 3.20. The number of aliphatic carboxylic acids is 1. The van der Waals surface area contributed by atoms with E-state index in [2.05, 4.69) is 4.99 Å². The van der Waals surface area contributed by atoms with Crippen molar-refractivity contribution in [3.05, 3.63) is 0 Å². The molecule has 0 aromatic carbocycles. The van der Waals surface area contributed by atoms with Crippen molar-refractivity contribution in [2.45, 2.75) is 24.3 Å². The molecular weight excluding hydrogens is 265 g/mol. The zero-order chi connectivity index (χ0) is 13.5. The van der Waals surface area contributed by atoms with Crippen LogP contribution >= 0.6 is 11.8 Å². The zero-order valence-corrected chi connectivity index (χ0v) is 10.3. The predicted octanol–water partition coefficient (Wildman–Crippen LogP) is 0.00760. The molecule has 18 heavy (non-hydrogen) atoms. The maximum atomic E-state index is 14.0. The smallest absolute Gasteiger partial charge is 0.347 e. The summed E-state index contributed by atoms with van der Waals surface area (Å²) in [6, 6.07) is -0.709. The number of amides is 2. The monoisotopic (exact) mass is 277 g/mol. The Morgan fingerprint density at radius 2 is 2.44 bits per heavy atom. The third-order valence-electron chi connectivity index (χ3n) is 2.68. The van der Waals surface area contributed by atoms with Crippen LogP contribution in [0.2, 0.25) is 0 Å². The second kappa shape index (κ2) is 4.39. The van der Waals surface area contributed by atoms with Gasteiger partial charge in [-0.15, -0.1) is 11.8 Å². The van der Waals surface area contributed by atoms with Gasteiger partial charge in [-0.05, 0) is 6.92 Å². The highest BCUT2D eigenvalue weighted by Crippen LogP contribution is 2.30. The first-order valence-electron chi connectivity index (χ1n) is 5.15. The molecule has 3 atom stereocenters. The van der Waals surface area contributed by atoms with Gasteiger partial charge < -0.3 is 15.6 Å². The van der Waals surface area contributed by atoms with Crippen LogP contribution in [0.5, 0.6) is 0 Å². The number of carbonyl (C=O) groups excluding carboxylic acids is 1. The Bertz CT molecular complexity index is 428. The predicted molar refractivity (Wildman–Crippen MR) is 62.0 cm³/mol. The quantitative estimate of drug-likeness (QED) is 0.736. The van der Waals surface area contributed by atoms with Gasteiger partial charge in [-0.1, -0.05) is 0 Å². The second-order valence-electron chi connectivity index (χ2n) is 4.20. The molecule has 1 saturated heterocycles. The first kappa shape index (κ1) is 13.1. The molecule has 1 fully saturated rings. The van der Waals surface area contributed by atoms with Crippen LogP contribution in [0.4, 0.5) is 9.18 Å². The van der Waals surface area contributed by atoms with Crippen molar-refractivity contribution in [2.75, 3.05) is 12.3 Å². The molecule has 2 amide bonds. The van der Waals surface area contributed by atoms with E-state index in [0.717, 1.165) is 16.7 Å². The molecule has 0 saturated carbocycles. The van der Waals surface area contributed by atoms with Gasteiger partial charge in [0.05, 0.1) is 6.54 Å². The number of halogens is 1. The molecule has 2 aliphatic rings. The highest BCUT2D eigenvalue weighted by atomic mass is 32.2. The number of nitrogens with two attached hydrogens (primary N) is 1. The molecule has 100 valence electrons. The number of thioether (sulfide) groups is 1. The lowest BCUT2D eigenvalue weighted by molar-refractivity contribution is -0.149. The first-order valence-corrected chi connectivity index (χ1v) is 6.20. The number of amidine groups is 1. The third-order valence-corrected chi connectivity index (χ3v) is 3.78. The maximum Gasteiger partial charge on any atom is 0.347 e. The van der Waals surface area contributed by atoms with E-state index in [1.165, 1.54) is 6.92 Å². The van der Waals surface area contributed by atoms with Crippen LogP contribution in [0.15, 0.2) is 4.99 Å². The summed E-state index contributed by atoms with van der Waals surface area (Å²) < 4.78 is 19.1. The van der Waals surface area contributed by atoms with Crippen LogP contribution in [0.1, 0.15) is 6.92 Å². The highest BCUT2D eigenvalue weighted by molar-refractivity contribution is 8.00. The molecule has 0 bridgehead atoms. The van der Waals surface area contributed by atoms with E-state index >= 15 is 0 Å². The molecule has 7 nitrogen and oxygen atoms in total. The van der Waals surface area contributed by atoms with Gasteiger partial charge in [0.15, 0.2) is 5.67 Å². The minimum Gasteiger partial charge on any atom is -0.479 e. The largest absolute Gasteiger partial charge is 0.479 e. The molecule has 2 rings (SSSR count). The molecule has 0 radical (unpaired) electrons. The van der Waals surface area contributed by atoms with E-state index in [4.69, 9.17) is 15.6 Å². The lowest BCUT2D eigenvalue weighted by atomic mass is 10.1. The van der Waals surface area contributed by atoms with Gasteiger partial charge in [-0.25, -0.2) is 14.0 Å². The molecule has 0 aliphatic carbocycles. The van der Waals surface area contributed by atoms with Gasteiger partial charge in [-0.3, -0.25) is 4.90 Å². The van der Waals surface area contributed by atoms with Gasteiger partial charge in [0.1, 0.15) is 12.1 Å². The number of carboxylic acids is 1. The summed E-state index contributed by atoms with van der Waals surface area (Å²) in [4.78, 5) is 26.8. The van der Waals surface area contributed by atoms with Crippen molar-refractivity contribution < 1.29 is 23.8 Å². The Labute approximate surface area is 106 Å². The zero-order valence-electron chi connectivity index (χ0n) is 9.50. The summed E-state index contributed by atoms with van der Waals surface area (Å²) >= 11 is 1.04. The number of urea groups is 1. The highest BCUT2D eigenvalue weighted by Gasteiger charge is 2.44. The van der Waals surface area contributed by atoms with Crippen LogP contribution in [0.25, 0.3) is 0 Å². The minimum atomic E-state index is -1.93. The summed E-state index contributed by atoms with van der Waals surface area (Å²) in [5, 5.41) is 8.77. The Hall–Kier alpha value is -1.35. The van der Waals surface area contributed by atoms with Crippen molar-refractivity contribution >= 4 is 29.6 Å². The summed E-state index contributed by atoms with van der Waals surface area (Å²) in [5.41, 5.74) is 2.35. The summed E-state index contributed by atoms with van der Waals surface area (Å²) in [6.07, 6.45) is -0.796. The van der Waals surface area contributed by atoms with E-state index in [1.807, 2.05) is 0 Å². The second-order valence-corrected chi connectivity index (χ2v) is 5.29. The lowest BCUT2D eigenvalue weighted by Gasteiger charge is -2.35. The fourth-order valence-electron chi connectivity index (χ4n) is 1.66. The summed E-state index contributed by atoms with van der Waals surface area (Å²) in [6.45, 7) is 0.917. The van der Waals surface area contributed by atoms with Gasteiger partial charge in [0.2, 0.25) is 5.44 Å². The SMILES string of the molecule is C[C@@]1(F)CN([C@@H]2CS[C@H](C(=O)O)O2)C(=O)N=C1N. The summed E-state index contributed by atoms with van der Waals surface area (Å²) in [7, 11) is 0. The van der Waals surface area contributed by atoms with E-state index in [1.54, 1.807) is 0 Å². The number of hydrogen-bond donors (Lipinski definition) is 2. The number of carbonyl (C=O) groups is 2. The van der Waals surface area contributed by atoms with Crippen molar-refractivity contribution in [1.29, 1.82) is 0 Å². The molecule has 3 N–H and O–H groups in total.